The van der Waals surface area contributed by atoms with Crippen molar-refractivity contribution in [3.05, 3.63) is 77.7 Å². The maximum atomic E-state index is 4.31. The van der Waals surface area contributed by atoms with E-state index in [4.69, 9.17) is 0 Å². The van der Waals surface area contributed by atoms with Crippen molar-refractivity contribution in [2.24, 2.45) is 0 Å². The fourth-order valence-electron chi connectivity index (χ4n) is 4.59. The molecule has 0 amide bonds. The van der Waals surface area contributed by atoms with Crippen LogP contribution in [0.15, 0.2) is 66.5 Å². The molecule has 0 radical (unpaired) electrons. The van der Waals surface area contributed by atoms with Gasteiger partial charge in [-0.2, -0.15) is 0 Å². The number of nitrogens with zero attached hydrogens (tertiary/aromatic N) is 2. The summed E-state index contributed by atoms with van der Waals surface area (Å²) in [6, 6.07) is 9.00. The Morgan fingerprint density at radius 1 is 1.15 bits per heavy atom. The number of benzene rings is 1. The van der Waals surface area contributed by atoms with Gasteiger partial charge in [0.05, 0.1) is 0 Å². The zero-order valence-corrected chi connectivity index (χ0v) is 16.2. The highest BCUT2D eigenvalue weighted by atomic mass is 15.1. The van der Waals surface area contributed by atoms with Crippen molar-refractivity contribution in [1.29, 1.82) is 0 Å². The summed E-state index contributed by atoms with van der Waals surface area (Å²) in [6.45, 7) is 10.7. The van der Waals surface area contributed by atoms with Gasteiger partial charge in [-0.05, 0) is 48.8 Å². The summed E-state index contributed by atoms with van der Waals surface area (Å²) in [7, 11) is 4.16. The number of hydrogen-bond acceptors (Lipinski definition) is 2. The second kappa shape index (κ2) is 6.50. The van der Waals surface area contributed by atoms with Crippen LogP contribution < -0.4 is 0 Å². The summed E-state index contributed by atoms with van der Waals surface area (Å²) in [6.07, 6.45) is 10.8. The zero-order chi connectivity index (χ0) is 18.3. The standard InChI is InChI=1S/C24H30N2/c1-18-9-10-20(18)17-26-15-13-24(14-16-26)12-11-21(19(2)25(3)4)22-7-5-6-8-23(22)24/h5-8,11,17H,1-2,9-10,12-16H2,3-4H3/b20-17+. The molecule has 0 N–H and O–H groups in total. The van der Waals surface area contributed by atoms with Crippen LogP contribution in [0.4, 0.5) is 0 Å². The Bertz CT molecular complexity index is 801. The molecule has 26 heavy (non-hydrogen) atoms. The molecule has 1 heterocycles. The Kier molecular flexibility index (Phi) is 4.30. The highest BCUT2D eigenvalue weighted by molar-refractivity contribution is 5.82. The van der Waals surface area contributed by atoms with E-state index in [1.165, 1.54) is 53.5 Å². The fraction of sp³-hybridized carbons (Fsp3) is 0.417. The quantitative estimate of drug-likeness (QED) is 0.750. The van der Waals surface area contributed by atoms with Crippen LogP contribution in [-0.4, -0.2) is 37.0 Å². The molecule has 3 aliphatic rings. The molecule has 1 aromatic rings. The lowest BCUT2D eigenvalue weighted by Crippen LogP contribution is -2.42. The minimum Gasteiger partial charge on any atom is -0.378 e. The molecule has 1 saturated heterocycles. The lowest BCUT2D eigenvalue weighted by Gasteiger charge is -2.45. The first-order chi connectivity index (χ1) is 12.5. The predicted octanol–water partition coefficient (Wildman–Crippen LogP) is 5.12. The van der Waals surface area contributed by atoms with Crippen LogP contribution >= 0.6 is 0 Å². The normalized spacial score (nSPS) is 22.7. The van der Waals surface area contributed by atoms with Gasteiger partial charge in [-0.15, -0.1) is 0 Å². The molecule has 2 fully saturated rings. The largest absolute Gasteiger partial charge is 0.378 e. The molecule has 2 heteroatoms. The van der Waals surface area contributed by atoms with Gasteiger partial charge in [-0.25, -0.2) is 0 Å². The molecule has 0 unspecified atom stereocenters. The summed E-state index contributed by atoms with van der Waals surface area (Å²) in [4.78, 5) is 4.65. The van der Waals surface area contributed by atoms with Gasteiger partial charge in [0.2, 0.25) is 0 Å². The second-order valence-corrected chi connectivity index (χ2v) is 8.28. The molecule has 1 aromatic carbocycles. The number of likely N-dealkylation sites (N-methyl/N-ethyl adjacent to an activating group) is 1. The summed E-state index contributed by atoms with van der Waals surface area (Å²) in [5, 5.41) is 0. The third-order valence-electron chi connectivity index (χ3n) is 6.58. The smallest absolute Gasteiger partial charge is 0.0364 e. The number of fused-ring (bicyclic) bond motifs is 2. The highest BCUT2D eigenvalue weighted by Gasteiger charge is 2.39. The number of allylic oxidation sites excluding steroid dienone is 4. The van der Waals surface area contributed by atoms with Crippen molar-refractivity contribution >= 4 is 5.57 Å². The molecular weight excluding hydrogens is 316 g/mol. The molecule has 2 aliphatic carbocycles. The van der Waals surface area contributed by atoms with Gasteiger partial charge in [0, 0.05) is 50.1 Å². The predicted molar refractivity (Wildman–Crippen MR) is 111 cm³/mol. The summed E-state index contributed by atoms with van der Waals surface area (Å²) in [5.41, 5.74) is 8.43. The van der Waals surface area contributed by atoms with E-state index < -0.39 is 0 Å². The van der Waals surface area contributed by atoms with Crippen LogP contribution in [0.2, 0.25) is 0 Å². The minimum atomic E-state index is 0.290. The van der Waals surface area contributed by atoms with Crippen LogP contribution in [0.1, 0.15) is 43.2 Å². The molecule has 0 atom stereocenters. The van der Waals surface area contributed by atoms with E-state index in [-0.39, 0.29) is 5.41 Å². The van der Waals surface area contributed by atoms with Crippen LogP contribution in [0.5, 0.6) is 0 Å². The highest BCUT2D eigenvalue weighted by Crippen LogP contribution is 2.47. The zero-order valence-electron chi connectivity index (χ0n) is 16.2. The van der Waals surface area contributed by atoms with Gasteiger partial charge in [0.15, 0.2) is 0 Å². The number of rotatable bonds is 3. The van der Waals surface area contributed by atoms with Crippen molar-refractivity contribution in [3.8, 4) is 0 Å². The van der Waals surface area contributed by atoms with E-state index in [0.717, 1.165) is 25.2 Å². The van der Waals surface area contributed by atoms with Gasteiger partial charge >= 0.3 is 0 Å². The lowest BCUT2D eigenvalue weighted by molar-refractivity contribution is 0.204. The fourth-order valence-corrected chi connectivity index (χ4v) is 4.59. The van der Waals surface area contributed by atoms with E-state index >= 15 is 0 Å². The second-order valence-electron chi connectivity index (χ2n) is 8.28. The first-order valence-corrected chi connectivity index (χ1v) is 9.80. The Labute approximate surface area is 158 Å². The Morgan fingerprint density at radius 3 is 2.50 bits per heavy atom. The first-order valence-electron chi connectivity index (χ1n) is 9.80. The van der Waals surface area contributed by atoms with Crippen LogP contribution in [-0.2, 0) is 5.41 Å². The van der Waals surface area contributed by atoms with E-state index in [1.807, 2.05) is 0 Å². The van der Waals surface area contributed by atoms with Gasteiger partial charge in [-0.3, -0.25) is 0 Å². The van der Waals surface area contributed by atoms with Gasteiger partial charge < -0.3 is 9.80 Å². The molecule has 0 bridgehead atoms. The number of hydrogen-bond donors (Lipinski definition) is 0. The van der Waals surface area contributed by atoms with E-state index in [2.05, 4.69) is 73.6 Å². The van der Waals surface area contributed by atoms with Crippen molar-refractivity contribution in [2.45, 2.75) is 37.5 Å². The van der Waals surface area contributed by atoms with Crippen LogP contribution in [0.25, 0.3) is 5.57 Å². The average Bonchev–Trinajstić information content (AvgIpc) is 2.66. The van der Waals surface area contributed by atoms with Crippen LogP contribution in [0, 0.1) is 0 Å². The maximum absolute atomic E-state index is 4.31. The lowest BCUT2D eigenvalue weighted by atomic mass is 9.65. The summed E-state index contributed by atoms with van der Waals surface area (Å²) >= 11 is 0. The topological polar surface area (TPSA) is 6.48 Å². The van der Waals surface area contributed by atoms with Gasteiger partial charge in [-0.1, -0.05) is 49.1 Å². The van der Waals surface area contributed by atoms with Crippen LogP contribution in [0.3, 0.4) is 0 Å². The van der Waals surface area contributed by atoms with Crippen molar-refractivity contribution in [3.63, 3.8) is 0 Å². The van der Waals surface area contributed by atoms with E-state index in [9.17, 15) is 0 Å². The average molecular weight is 347 g/mol. The third kappa shape index (κ3) is 2.82. The molecule has 4 rings (SSSR count). The Balaban J connectivity index is 1.58. The van der Waals surface area contributed by atoms with Crippen molar-refractivity contribution in [2.75, 3.05) is 27.2 Å². The molecular formula is C24H30N2. The molecule has 2 nitrogen and oxygen atoms in total. The third-order valence-corrected chi connectivity index (χ3v) is 6.58. The van der Waals surface area contributed by atoms with Gasteiger partial charge in [0.25, 0.3) is 0 Å². The minimum absolute atomic E-state index is 0.290. The molecule has 0 aromatic heterocycles. The Hall–Kier alpha value is -2.22. The SMILES string of the molecule is C=C1CC/C1=C\N1CCC2(CC=C(C(=C)N(C)C)c3ccccc32)CC1. The number of piperidine rings is 1. The van der Waals surface area contributed by atoms with E-state index in [0.29, 0.717) is 0 Å². The Morgan fingerprint density at radius 2 is 1.88 bits per heavy atom. The van der Waals surface area contributed by atoms with Gasteiger partial charge in [0.1, 0.15) is 0 Å². The summed E-state index contributed by atoms with van der Waals surface area (Å²) in [5.74, 6) is 0. The first kappa shape index (κ1) is 17.2. The van der Waals surface area contributed by atoms with Crippen molar-refractivity contribution in [1.82, 2.24) is 9.80 Å². The van der Waals surface area contributed by atoms with Crippen molar-refractivity contribution < 1.29 is 0 Å². The molecule has 136 valence electrons. The molecule has 1 spiro atoms. The molecule has 1 aliphatic heterocycles. The maximum Gasteiger partial charge on any atom is 0.0364 e. The monoisotopic (exact) mass is 346 g/mol. The number of likely N-dealkylation sites (tertiary alicyclic amines) is 1. The summed E-state index contributed by atoms with van der Waals surface area (Å²) < 4.78 is 0. The van der Waals surface area contributed by atoms with E-state index in [1.54, 1.807) is 0 Å². The molecule has 1 saturated carbocycles.